The summed E-state index contributed by atoms with van der Waals surface area (Å²) < 4.78 is 23.6. The van der Waals surface area contributed by atoms with Gasteiger partial charge in [-0.2, -0.15) is 0 Å². The highest BCUT2D eigenvalue weighted by atomic mass is 35.5. The normalized spacial score (nSPS) is 13.7. The second kappa shape index (κ2) is 4.48. The monoisotopic (exact) mass is 269 g/mol. The van der Waals surface area contributed by atoms with Crippen LogP contribution in [0.25, 0.3) is 0 Å². The van der Waals surface area contributed by atoms with Crippen molar-refractivity contribution in [2.24, 2.45) is 5.73 Å². The van der Waals surface area contributed by atoms with Crippen molar-refractivity contribution in [3.63, 3.8) is 0 Å². The molecule has 5 nitrogen and oxygen atoms in total. The number of halogens is 1. The number of carboxylic acids is 1. The minimum absolute atomic E-state index is 0.0127. The molecule has 0 saturated heterocycles. The van der Waals surface area contributed by atoms with Gasteiger partial charge in [0.1, 0.15) is 9.58 Å². The SMILES string of the molecule is NC(CC(=O)O)S(=O)(=O)c1ccc(Cl)s1. The zero-order valence-electron chi connectivity index (χ0n) is 7.38. The smallest absolute Gasteiger partial charge is 0.306 e. The van der Waals surface area contributed by atoms with Crippen LogP contribution in [0.4, 0.5) is 0 Å². The molecule has 8 heteroatoms. The molecular formula is C7H8ClNO4S2. The summed E-state index contributed by atoms with van der Waals surface area (Å²) in [5.41, 5.74) is 5.29. The Bertz CT molecular complexity index is 467. The van der Waals surface area contributed by atoms with Crippen LogP contribution in [0, 0.1) is 0 Å². The average Bonchev–Trinajstić information content (AvgIpc) is 2.50. The highest BCUT2D eigenvalue weighted by molar-refractivity contribution is 7.94. The van der Waals surface area contributed by atoms with Gasteiger partial charge in [0.05, 0.1) is 10.8 Å². The van der Waals surface area contributed by atoms with Crippen LogP contribution in [-0.4, -0.2) is 24.9 Å². The van der Waals surface area contributed by atoms with Crippen molar-refractivity contribution in [3.8, 4) is 0 Å². The lowest BCUT2D eigenvalue weighted by atomic mass is 10.4. The minimum atomic E-state index is -3.78. The van der Waals surface area contributed by atoms with E-state index in [0.29, 0.717) is 4.34 Å². The molecule has 0 fully saturated rings. The fourth-order valence-electron chi connectivity index (χ4n) is 0.882. The summed E-state index contributed by atoms with van der Waals surface area (Å²) in [6.07, 6.45) is -0.627. The lowest BCUT2D eigenvalue weighted by Gasteiger charge is -2.08. The van der Waals surface area contributed by atoms with Crippen molar-refractivity contribution in [1.82, 2.24) is 0 Å². The van der Waals surface area contributed by atoms with Crippen LogP contribution in [0.2, 0.25) is 4.34 Å². The van der Waals surface area contributed by atoms with Gasteiger partial charge in [-0.3, -0.25) is 4.79 Å². The lowest BCUT2D eigenvalue weighted by molar-refractivity contribution is -0.137. The average molecular weight is 270 g/mol. The molecule has 1 atom stereocenters. The molecule has 1 rings (SSSR count). The molecule has 1 unspecified atom stereocenters. The highest BCUT2D eigenvalue weighted by Crippen LogP contribution is 2.27. The minimum Gasteiger partial charge on any atom is -0.481 e. The number of rotatable bonds is 4. The second-order valence-corrected chi connectivity index (χ2v) is 6.85. The first kappa shape index (κ1) is 12.4. The third kappa shape index (κ3) is 2.91. The Morgan fingerprint density at radius 1 is 1.60 bits per heavy atom. The fraction of sp³-hybridized carbons (Fsp3) is 0.286. The Morgan fingerprint density at radius 2 is 2.20 bits per heavy atom. The topological polar surface area (TPSA) is 97.5 Å². The number of nitrogens with two attached hydrogens (primary N) is 1. The van der Waals surface area contributed by atoms with Gasteiger partial charge in [0.2, 0.25) is 9.84 Å². The van der Waals surface area contributed by atoms with Gasteiger partial charge in [-0.15, -0.1) is 11.3 Å². The van der Waals surface area contributed by atoms with Gasteiger partial charge in [0, 0.05) is 0 Å². The van der Waals surface area contributed by atoms with Crippen molar-refractivity contribution in [2.75, 3.05) is 0 Å². The van der Waals surface area contributed by atoms with Gasteiger partial charge in [-0.05, 0) is 12.1 Å². The number of carboxylic acid groups (broad SMARTS) is 1. The quantitative estimate of drug-likeness (QED) is 0.848. The van der Waals surface area contributed by atoms with E-state index < -0.39 is 27.6 Å². The second-order valence-electron chi connectivity index (χ2n) is 2.74. The van der Waals surface area contributed by atoms with Crippen LogP contribution in [0.15, 0.2) is 16.3 Å². The van der Waals surface area contributed by atoms with E-state index in [1.807, 2.05) is 0 Å². The predicted molar refractivity (Wildman–Crippen MR) is 56.7 cm³/mol. The molecule has 0 aromatic carbocycles. The standard InChI is InChI=1S/C7H8ClNO4S2/c8-4-1-2-7(14-4)15(12,13)5(9)3-6(10)11/h1-2,5H,3,9H2,(H,10,11). The fourth-order valence-corrected chi connectivity index (χ4v) is 3.82. The molecular weight excluding hydrogens is 262 g/mol. The maximum absolute atomic E-state index is 11.6. The number of aliphatic carboxylic acids is 1. The Balaban J connectivity index is 2.98. The maximum Gasteiger partial charge on any atom is 0.306 e. The van der Waals surface area contributed by atoms with Crippen LogP contribution in [0.5, 0.6) is 0 Å². The van der Waals surface area contributed by atoms with Crippen molar-refractivity contribution >= 4 is 38.7 Å². The molecule has 15 heavy (non-hydrogen) atoms. The molecule has 1 heterocycles. The molecule has 1 aromatic heterocycles. The van der Waals surface area contributed by atoms with Gasteiger partial charge in [-0.1, -0.05) is 11.6 Å². The molecule has 0 spiro atoms. The van der Waals surface area contributed by atoms with Crippen LogP contribution in [0.3, 0.4) is 0 Å². The number of thiophene rings is 1. The number of sulfone groups is 1. The summed E-state index contributed by atoms with van der Waals surface area (Å²) in [5.74, 6) is -1.26. The summed E-state index contributed by atoms with van der Waals surface area (Å²) in [4.78, 5) is 10.3. The van der Waals surface area contributed by atoms with Crippen molar-refractivity contribution < 1.29 is 18.3 Å². The summed E-state index contributed by atoms with van der Waals surface area (Å²) in [6.45, 7) is 0. The van der Waals surface area contributed by atoms with E-state index in [-0.39, 0.29) is 4.21 Å². The summed E-state index contributed by atoms with van der Waals surface area (Å²) in [5, 5.41) is 6.99. The largest absolute Gasteiger partial charge is 0.481 e. The molecule has 3 N–H and O–H groups in total. The first-order valence-electron chi connectivity index (χ1n) is 3.80. The third-order valence-electron chi connectivity index (χ3n) is 1.60. The summed E-state index contributed by atoms with van der Waals surface area (Å²) in [6, 6.07) is 2.73. The van der Waals surface area contributed by atoms with E-state index in [9.17, 15) is 13.2 Å². The van der Waals surface area contributed by atoms with E-state index in [2.05, 4.69) is 0 Å². The Labute approximate surface area is 95.4 Å². The number of hydrogen-bond donors (Lipinski definition) is 2. The van der Waals surface area contributed by atoms with Crippen LogP contribution < -0.4 is 5.73 Å². The third-order valence-corrected chi connectivity index (χ3v) is 5.24. The maximum atomic E-state index is 11.6. The molecule has 0 aliphatic heterocycles. The number of carbonyl (C=O) groups is 1. The van der Waals surface area contributed by atoms with Gasteiger partial charge in [-0.25, -0.2) is 8.42 Å². The molecule has 0 aliphatic rings. The van der Waals surface area contributed by atoms with E-state index in [1.54, 1.807) is 0 Å². The van der Waals surface area contributed by atoms with Crippen molar-refractivity contribution in [1.29, 1.82) is 0 Å². The van der Waals surface area contributed by atoms with E-state index in [0.717, 1.165) is 11.3 Å². The Kier molecular flexibility index (Phi) is 3.72. The van der Waals surface area contributed by atoms with Gasteiger partial charge >= 0.3 is 5.97 Å². The van der Waals surface area contributed by atoms with Crippen molar-refractivity contribution in [3.05, 3.63) is 16.5 Å². The van der Waals surface area contributed by atoms with Gasteiger partial charge < -0.3 is 10.8 Å². The zero-order valence-corrected chi connectivity index (χ0v) is 9.77. The molecule has 84 valence electrons. The zero-order chi connectivity index (χ0) is 11.6. The Morgan fingerprint density at radius 3 is 2.60 bits per heavy atom. The molecule has 0 bridgehead atoms. The van der Waals surface area contributed by atoms with Crippen LogP contribution in [-0.2, 0) is 14.6 Å². The summed E-state index contributed by atoms with van der Waals surface area (Å²) in [7, 11) is -3.78. The van der Waals surface area contributed by atoms with Crippen molar-refractivity contribution in [2.45, 2.75) is 16.0 Å². The molecule has 0 radical (unpaired) electrons. The molecule has 0 saturated carbocycles. The van der Waals surface area contributed by atoms with E-state index >= 15 is 0 Å². The lowest BCUT2D eigenvalue weighted by Crippen LogP contribution is -2.32. The van der Waals surface area contributed by atoms with Crippen LogP contribution >= 0.6 is 22.9 Å². The van der Waals surface area contributed by atoms with E-state index in [1.165, 1.54) is 12.1 Å². The first-order chi connectivity index (χ1) is 6.84. The first-order valence-corrected chi connectivity index (χ1v) is 6.54. The predicted octanol–water partition coefficient (Wildman–Crippen LogP) is 0.935. The van der Waals surface area contributed by atoms with Crippen LogP contribution in [0.1, 0.15) is 6.42 Å². The molecule has 0 amide bonds. The van der Waals surface area contributed by atoms with Gasteiger partial charge in [0.25, 0.3) is 0 Å². The number of hydrogen-bond acceptors (Lipinski definition) is 5. The molecule has 0 aliphatic carbocycles. The Hall–Kier alpha value is -0.630. The summed E-state index contributed by atoms with van der Waals surface area (Å²) >= 11 is 6.43. The highest BCUT2D eigenvalue weighted by Gasteiger charge is 2.27. The van der Waals surface area contributed by atoms with E-state index in [4.69, 9.17) is 22.4 Å². The van der Waals surface area contributed by atoms with Gasteiger partial charge in [0.15, 0.2) is 0 Å². The molecule has 1 aromatic rings.